The molecule has 2 radical (unpaired) electrons. The first kappa shape index (κ1) is 66.3. The summed E-state index contributed by atoms with van der Waals surface area (Å²) in [4.78, 5) is 72.8. The molecule has 0 aromatic heterocycles. The molecule has 408 valence electrons. The van der Waals surface area contributed by atoms with E-state index in [0.29, 0.717) is 28.9 Å². The predicted molar refractivity (Wildman–Crippen MR) is 273 cm³/mol. The highest BCUT2D eigenvalue weighted by atomic mass is 35.5. The van der Waals surface area contributed by atoms with Crippen molar-refractivity contribution in [1.29, 1.82) is 0 Å². The Kier molecular flexibility index (Phi) is 27.4. The van der Waals surface area contributed by atoms with E-state index >= 15 is 0 Å². The summed E-state index contributed by atoms with van der Waals surface area (Å²) in [5.41, 5.74) is 2.00. The van der Waals surface area contributed by atoms with Crippen molar-refractivity contribution in [2.75, 3.05) is 43.6 Å². The monoisotopic (exact) mass is 1090 g/mol. The van der Waals surface area contributed by atoms with Crippen molar-refractivity contribution in [3.8, 4) is 11.5 Å². The number of nitrogens with zero attached hydrogens (tertiary/aromatic N) is 1. The molecule has 5 N–H and O–H groups in total. The second-order valence-corrected chi connectivity index (χ2v) is 17.6. The van der Waals surface area contributed by atoms with E-state index in [9.17, 15) is 52.5 Å². The first-order chi connectivity index (χ1) is 34.0. The van der Waals surface area contributed by atoms with Gasteiger partial charge >= 0.3 is 24.1 Å². The average Bonchev–Trinajstić information content (AvgIpc) is 3.63. The highest BCUT2D eigenvalue weighted by molar-refractivity contribution is 6.60. The zero-order valence-electron chi connectivity index (χ0n) is 41.5. The van der Waals surface area contributed by atoms with Crippen LogP contribution in [0.1, 0.15) is 93.7 Å². The molecule has 3 aliphatic rings. The molecule has 3 aliphatic heterocycles. The van der Waals surface area contributed by atoms with Crippen LogP contribution in [0.4, 0.5) is 29.3 Å². The molecule has 0 bridgehead atoms. The molecule has 24 heteroatoms. The number of phenolic OH excluding ortho intramolecular Hbond substituents is 1. The minimum Gasteiger partial charge on any atom is -0.507 e. The number of carbonyl (C=O) groups is 6. The fourth-order valence-electron chi connectivity index (χ4n) is 6.58. The van der Waals surface area contributed by atoms with E-state index in [-0.39, 0.29) is 66.2 Å². The number of nitrogens with one attached hydrogen (secondary N) is 1. The van der Waals surface area contributed by atoms with Crippen LogP contribution < -0.4 is 15.0 Å². The number of methoxy groups -OCH3 is 1. The van der Waals surface area contributed by atoms with Crippen molar-refractivity contribution in [1.82, 2.24) is 0 Å². The highest BCUT2D eigenvalue weighted by Gasteiger charge is 2.44. The topological polar surface area (TPSA) is 254 Å². The van der Waals surface area contributed by atoms with Crippen molar-refractivity contribution < 1.29 is 90.8 Å². The molecule has 18 nitrogen and oxygen atoms in total. The van der Waals surface area contributed by atoms with E-state index in [2.05, 4.69) is 5.32 Å². The Morgan fingerprint density at radius 3 is 1.85 bits per heavy atom. The number of aromatic hydroxyl groups is 1. The number of aliphatic hydroxyl groups is 2. The Bertz CT molecular complexity index is 2380. The number of phenols is 1. The highest BCUT2D eigenvalue weighted by Crippen LogP contribution is 2.35. The van der Waals surface area contributed by atoms with Crippen LogP contribution in [0.2, 0.25) is 0 Å². The summed E-state index contributed by atoms with van der Waals surface area (Å²) in [6, 6.07) is 6.24. The van der Waals surface area contributed by atoms with Gasteiger partial charge in [-0.2, -0.15) is 13.2 Å². The number of carboxylic acid groups (broad SMARTS) is 1. The Labute approximate surface area is 439 Å². The summed E-state index contributed by atoms with van der Waals surface area (Å²) in [5, 5.41) is 40.5. The number of alkyl halides is 5. The second-order valence-electron chi connectivity index (χ2n) is 16.8. The smallest absolute Gasteiger partial charge is 0.490 e. The number of anilines is 2. The molecule has 1 fully saturated rings. The van der Waals surface area contributed by atoms with E-state index in [1.807, 2.05) is 6.92 Å². The number of ether oxygens (including phenoxy) is 6. The van der Waals surface area contributed by atoms with E-state index < -0.39 is 78.1 Å². The lowest BCUT2D eigenvalue weighted by atomic mass is 9.99. The van der Waals surface area contributed by atoms with Crippen LogP contribution >= 0.6 is 23.2 Å². The lowest BCUT2D eigenvalue weighted by Crippen LogP contribution is -2.32. The van der Waals surface area contributed by atoms with Crippen LogP contribution in [0.5, 0.6) is 11.5 Å². The first-order valence-corrected chi connectivity index (χ1v) is 23.3. The van der Waals surface area contributed by atoms with Gasteiger partial charge in [0.1, 0.15) is 47.0 Å². The van der Waals surface area contributed by atoms with E-state index in [0.717, 1.165) is 0 Å². The Balaban J connectivity index is 0.000000634. The maximum atomic E-state index is 13.3. The zero-order valence-corrected chi connectivity index (χ0v) is 43.0. The number of rotatable bonds is 5. The SMILES string of the molecule is C.CNc1cc(O)c2c(c1)/C=C/C[C@H](O)C(O)C(=O)/C=C\[C@@H](C)[C@H](C)OC2=O.ClCCl.O=C(O)C(F)(F)F.[B]C(=O)N(C)c1cc2c(c(OCOC)c1)C(=O)O[C@@H](C)[C@H](C)/C=C\C(=O)C1OC(C)(C)OC1C/C=C/2. The van der Waals surface area contributed by atoms with E-state index in [4.69, 9.17) is 69.4 Å². The number of benzene rings is 2. The molecule has 0 spiro atoms. The van der Waals surface area contributed by atoms with Crippen LogP contribution in [-0.2, 0) is 38.1 Å². The molecule has 1 amide bonds. The maximum absolute atomic E-state index is 13.3. The average molecular weight is 1090 g/mol. The van der Waals surface area contributed by atoms with Gasteiger partial charge in [0.15, 0.2) is 30.0 Å². The van der Waals surface area contributed by atoms with Gasteiger partial charge in [0.2, 0.25) is 7.85 Å². The van der Waals surface area contributed by atoms with Crippen LogP contribution in [0.25, 0.3) is 12.2 Å². The molecular weight excluding hydrogens is 1020 g/mol. The number of hydrogen-bond acceptors (Lipinski definition) is 16. The number of fused-ring (bicyclic) bond motifs is 3. The van der Waals surface area contributed by atoms with Gasteiger partial charge in [0.05, 0.1) is 17.5 Å². The van der Waals surface area contributed by atoms with Crippen LogP contribution in [-0.4, -0.2) is 145 Å². The number of carbonyl (C=O) groups excluding carboxylic acids is 5. The van der Waals surface area contributed by atoms with Crippen molar-refractivity contribution in [2.24, 2.45) is 11.8 Å². The number of esters is 2. The van der Waals surface area contributed by atoms with Crippen molar-refractivity contribution in [3.05, 3.63) is 83.0 Å². The van der Waals surface area contributed by atoms with Gasteiger partial charge in [-0.25, -0.2) is 14.4 Å². The third-order valence-electron chi connectivity index (χ3n) is 10.9. The first-order valence-electron chi connectivity index (χ1n) is 22.2. The minimum atomic E-state index is -5.08. The zero-order chi connectivity index (χ0) is 55.5. The van der Waals surface area contributed by atoms with Gasteiger partial charge in [-0.05, 0) is 75.9 Å². The number of aliphatic carboxylic acids is 1. The molecule has 0 aliphatic carbocycles. The number of aliphatic hydroxyl groups excluding tert-OH is 2. The van der Waals surface area contributed by atoms with Crippen LogP contribution in [0.3, 0.4) is 0 Å². The predicted octanol–water partition coefficient (Wildman–Crippen LogP) is 8.21. The fraction of sp³-hybridized carbons (Fsp3) is 0.480. The molecule has 2 aromatic rings. The van der Waals surface area contributed by atoms with Gasteiger partial charge in [-0.1, -0.05) is 57.7 Å². The number of carboxylic acids is 1. The second kappa shape index (κ2) is 30.6. The number of halogens is 5. The van der Waals surface area contributed by atoms with Crippen LogP contribution in [0, 0.1) is 11.8 Å². The largest absolute Gasteiger partial charge is 0.507 e. The van der Waals surface area contributed by atoms with Crippen molar-refractivity contribution in [3.63, 3.8) is 0 Å². The molecule has 5 rings (SSSR count). The molecule has 1 saturated heterocycles. The van der Waals surface area contributed by atoms with E-state index in [1.54, 1.807) is 72.0 Å². The lowest BCUT2D eigenvalue weighted by Gasteiger charge is -2.23. The Hall–Kier alpha value is -5.75. The molecule has 0 saturated carbocycles. The third kappa shape index (κ3) is 20.2. The van der Waals surface area contributed by atoms with Crippen LogP contribution in [0.15, 0.2) is 60.7 Å². The van der Waals surface area contributed by atoms with Crippen molar-refractivity contribution in [2.45, 2.75) is 110 Å². The molecule has 74 heavy (non-hydrogen) atoms. The summed E-state index contributed by atoms with van der Waals surface area (Å²) in [6.07, 6.45) is 2.35. The van der Waals surface area contributed by atoms with Gasteiger partial charge in [-0.15, -0.1) is 23.2 Å². The normalized spacial score (nSPS) is 25.5. The Morgan fingerprint density at radius 1 is 0.851 bits per heavy atom. The standard InChI is InChI=1S/C26H32BNO8.C20H25NO6.C2HF3O2.CH2Cl2.CH4/c1-15-10-11-19(29)23-20(35-26(3,4)36-23)9-7-8-17-12-18(28(5)25(27)31)13-21(33-14-32-6)22(17)24(30)34-16(15)2;1-11-7-8-16(23)19(25)15(22)6-4-5-13-9-14(21-3)10-17(24)18(13)20(26)27-12(11)2;3-2(4,5)1(6)7;2-1-3;/h7-8,10-13,15-16,20,23H,9,14H2,1-6H3;4-5,7-12,15,19,21-22,24-25H,6H2,1-3H3;(H,6,7);1H2;1H4/b8-7+,11-10-;5-4+,8-7-;;;/t15-,16+,20?,23?;11-,12+,15+,19?;;;/m11.../s1. The fourth-order valence-corrected chi connectivity index (χ4v) is 6.58. The lowest BCUT2D eigenvalue weighted by molar-refractivity contribution is -0.192. The summed E-state index contributed by atoms with van der Waals surface area (Å²) in [6.45, 7) is 10.4. The van der Waals surface area contributed by atoms with Gasteiger partial charge in [-0.3, -0.25) is 14.4 Å². The summed E-state index contributed by atoms with van der Waals surface area (Å²) in [7, 11) is 10.1. The summed E-state index contributed by atoms with van der Waals surface area (Å²) >= 11 is 9.53. The number of ketones is 2. The van der Waals surface area contributed by atoms with Gasteiger partial charge in [0.25, 0.3) is 0 Å². The quantitative estimate of drug-likeness (QED) is 0.0818. The molecule has 8 atom stereocenters. The van der Waals surface area contributed by atoms with Gasteiger partial charge < -0.3 is 59.1 Å². The molecule has 3 heterocycles. The summed E-state index contributed by atoms with van der Waals surface area (Å²) < 4.78 is 65.5. The maximum Gasteiger partial charge on any atom is 0.490 e. The van der Waals surface area contributed by atoms with Crippen molar-refractivity contribution >= 4 is 89.9 Å². The molecule has 2 aromatic carbocycles. The molecule has 3 unspecified atom stereocenters. The third-order valence-corrected chi connectivity index (χ3v) is 10.9. The van der Waals surface area contributed by atoms with E-state index in [1.165, 1.54) is 61.6 Å². The summed E-state index contributed by atoms with van der Waals surface area (Å²) in [5.74, 6) is -7.15. The number of amides is 1. The minimum absolute atomic E-state index is 0. The number of hydrogen-bond donors (Lipinski definition) is 5. The number of cyclic esters (lactones) is 2. The Morgan fingerprint density at radius 2 is 1.35 bits per heavy atom. The van der Waals surface area contributed by atoms with Gasteiger partial charge in [0, 0.05) is 56.5 Å². The molecular formula is C50H64BCl2F3N2O16.